The van der Waals surface area contributed by atoms with E-state index >= 15 is 0 Å². The molecule has 2 aromatic rings. The highest BCUT2D eigenvalue weighted by molar-refractivity contribution is 6.39. The normalized spacial score (nSPS) is 17.6. The van der Waals surface area contributed by atoms with Gasteiger partial charge in [0.15, 0.2) is 0 Å². The number of rotatable bonds is 2. The van der Waals surface area contributed by atoms with Gasteiger partial charge in [-0.15, -0.1) is 5.92 Å². The maximum atomic E-state index is 13.3. The molecule has 1 aromatic carbocycles. The second-order valence-corrected chi connectivity index (χ2v) is 9.58. The summed E-state index contributed by atoms with van der Waals surface area (Å²) in [7, 11) is 0. The largest absolute Gasteiger partial charge is 0.334 e. The van der Waals surface area contributed by atoms with Crippen LogP contribution in [0.2, 0.25) is 0 Å². The van der Waals surface area contributed by atoms with Crippen molar-refractivity contribution in [2.45, 2.75) is 52.4 Å². The van der Waals surface area contributed by atoms with Crippen LogP contribution in [-0.2, 0) is 19.2 Å². The molecule has 1 saturated carbocycles. The molecule has 2 fully saturated rings. The molecule has 0 radical (unpaired) electrons. The number of hydrogen-bond donors (Lipinski definition) is 1. The van der Waals surface area contributed by atoms with Crippen molar-refractivity contribution in [3.8, 4) is 11.8 Å². The minimum Gasteiger partial charge on any atom is -0.334 e. The van der Waals surface area contributed by atoms with E-state index in [0.29, 0.717) is 44.6 Å². The van der Waals surface area contributed by atoms with Crippen LogP contribution < -0.4 is 5.32 Å². The summed E-state index contributed by atoms with van der Waals surface area (Å²) in [5.74, 6) is 4.01. The summed E-state index contributed by atoms with van der Waals surface area (Å²) < 4.78 is 0. The molecule has 0 atom stereocenters. The predicted octanol–water partition coefficient (Wildman–Crippen LogP) is 3.33. The van der Waals surface area contributed by atoms with Crippen molar-refractivity contribution in [2.75, 3.05) is 18.4 Å². The Labute approximate surface area is 205 Å². The van der Waals surface area contributed by atoms with E-state index in [0.717, 1.165) is 22.3 Å². The van der Waals surface area contributed by atoms with E-state index in [1.54, 1.807) is 25.1 Å². The third-order valence-corrected chi connectivity index (χ3v) is 7.11. The molecule has 1 saturated heterocycles. The molecule has 2 heterocycles. The van der Waals surface area contributed by atoms with Gasteiger partial charge in [0.05, 0.1) is 0 Å². The number of likely N-dealkylation sites (tertiary alicyclic amines) is 1. The van der Waals surface area contributed by atoms with Crippen LogP contribution in [-0.4, -0.2) is 46.4 Å². The van der Waals surface area contributed by atoms with Crippen LogP contribution >= 0.6 is 0 Å². The van der Waals surface area contributed by atoms with Crippen LogP contribution in [0.25, 0.3) is 0 Å². The fourth-order valence-electron chi connectivity index (χ4n) is 5.44. The molecule has 1 aliphatic carbocycles. The molecule has 0 unspecified atom stereocenters. The fourth-order valence-corrected chi connectivity index (χ4v) is 5.44. The van der Waals surface area contributed by atoms with Crippen molar-refractivity contribution in [1.29, 1.82) is 0 Å². The number of nitrogens with one attached hydrogen (secondary N) is 1. The summed E-state index contributed by atoms with van der Waals surface area (Å²) in [6, 6.07) is 8.92. The lowest BCUT2D eigenvalue weighted by atomic mass is 9.62. The topological polar surface area (TPSA) is 96.4 Å². The minimum absolute atomic E-state index is 0.0607. The van der Waals surface area contributed by atoms with Crippen molar-refractivity contribution in [3.63, 3.8) is 0 Å². The third-order valence-electron chi connectivity index (χ3n) is 7.11. The second kappa shape index (κ2) is 9.83. The molecule has 180 valence electrons. The number of benzene rings is 1. The molecule has 1 N–H and O–H groups in total. The molecule has 7 nitrogen and oxygen atoms in total. The number of amides is 2. The molecule has 1 aromatic heterocycles. The Hall–Kier alpha value is -3.79. The number of anilines is 1. The monoisotopic (exact) mass is 471 g/mol. The first-order chi connectivity index (χ1) is 16.7. The molecule has 1 spiro atoms. The zero-order valence-corrected chi connectivity index (χ0v) is 20.3. The lowest BCUT2D eigenvalue weighted by molar-refractivity contribution is -0.146. The van der Waals surface area contributed by atoms with Crippen LogP contribution in [0, 0.1) is 31.1 Å². The Morgan fingerprint density at radius 2 is 1.69 bits per heavy atom. The van der Waals surface area contributed by atoms with E-state index in [1.807, 2.05) is 26.0 Å². The standard InChI is InChI=1S/C28H29N3O4/c1-4-7-20-14-18(2)24(19(3)15-20)25-21(32)16-28(17-22(25)33)9-12-31(13-10-28)27(35)26(34)30-23-8-5-6-11-29-23/h5-6,8,11,14-15,25H,9-10,12-13,16-17H2,1-3H3,(H,29,30,34). The van der Waals surface area contributed by atoms with Gasteiger partial charge in [-0.2, -0.15) is 0 Å². The van der Waals surface area contributed by atoms with Crippen molar-refractivity contribution in [1.82, 2.24) is 9.88 Å². The van der Waals surface area contributed by atoms with Gasteiger partial charge >= 0.3 is 11.8 Å². The Kier molecular flexibility index (Phi) is 6.83. The third kappa shape index (κ3) is 5.02. The SMILES string of the molecule is CC#Cc1cc(C)c(C2C(=O)CC3(CCN(C(=O)C(=O)Nc4ccccn4)CC3)CC2=O)c(C)c1. The first-order valence-electron chi connectivity index (χ1n) is 11.8. The number of carbonyl (C=O) groups is 4. The fraction of sp³-hybridized carbons (Fsp3) is 0.393. The zero-order chi connectivity index (χ0) is 25.2. The van der Waals surface area contributed by atoms with Crippen molar-refractivity contribution >= 4 is 29.2 Å². The summed E-state index contributed by atoms with van der Waals surface area (Å²) in [5.41, 5.74) is 3.04. The minimum atomic E-state index is -0.743. The first-order valence-corrected chi connectivity index (χ1v) is 11.8. The summed E-state index contributed by atoms with van der Waals surface area (Å²) in [6.45, 7) is 6.30. The Morgan fingerprint density at radius 1 is 1.06 bits per heavy atom. The molecule has 2 amide bonds. The van der Waals surface area contributed by atoms with Crippen LogP contribution in [0.15, 0.2) is 36.5 Å². The van der Waals surface area contributed by atoms with Gasteiger partial charge in [0.1, 0.15) is 23.3 Å². The summed E-state index contributed by atoms with van der Waals surface area (Å²) >= 11 is 0. The maximum Gasteiger partial charge on any atom is 0.315 e. The lowest BCUT2D eigenvalue weighted by Gasteiger charge is -2.44. The van der Waals surface area contributed by atoms with E-state index in [-0.39, 0.29) is 11.6 Å². The van der Waals surface area contributed by atoms with E-state index in [4.69, 9.17) is 0 Å². The average molecular weight is 472 g/mol. The van der Waals surface area contributed by atoms with Gasteiger partial charge < -0.3 is 10.2 Å². The molecule has 0 bridgehead atoms. The first kappa shape index (κ1) is 24.3. The van der Waals surface area contributed by atoms with E-state index < -0.39 is 23.1 Å². The quantitative estimate of drug-likeness (QED) is 0.412. The van der Waals surface area contributed by atoms with Gasteiger partial charge in [0.2, 0.25) is 0 Å². The number of aromatic nitrogens is 1. The number of nitrogens with zero attached hydrogens (tertiary/aromatic N) is 2. The second-order valence-electron chi connectivity index (χ2n) is 9.58. The number of ketones is 2. The Bertz CT molecular complexity index is 1200. The van der Waals surface area contributed by atoms with Crippen LogP contribution in [0.1, 0.15) is 60.8 Å². The number of hydrogen-bond acceptors (Lipinski definition) is 5. The number of aryl methyl sites for hydroxylation is 2. The van der Waals surface area contributed by atoms with Gasteiger partial charge in [0.25, 0.3) is 0 Å². The van der Waals surface area contributed by atoms with E-state index in [2.05, 4.69) is 22.1 Å². The predicted molar refractivity (Wildman–Crippen MR) is 132 cm³/mol. The summed E-state index contributed by atoms with van der Waals surface area (Å²) in [6.07, 6.45) is 3.18. The molecule has 7 heteroatoms. The number of piperidine rings is 1. The molecule has 1 aliphatic heterocycles. The average Bonchev–Trinajstić information content (AvgIpc) is 2.81. The van der Waals surface area contributed by atoms with Crippen molar-refractivity contribution < 1.29 is 19.2 Å². The van der Waals surface area contributed by atoms with Crippen molar-refractivity contribution in [3.05, 3.63) is 58.8 Å². The lowest BCUT2D eigenvalue weighted by Crippen LogP contribution is -2.50. The van der Waals surface area contributed by atoms with Gasteiger partial charge in [-0.3, -0.25) is 19.2 Å². The van der Waals surface area contributed by atoms with Crippen molar-refractivity contribution in [2.24, 2.45) is 5.41 Å². The highest BCUT2D eigenvalue weighted by atomic mass is 16.2. The molecular formula is C28H29N3O4. The van der Waals surface area contributed by atoms with Crippen LogP contribution in [0.4, 0.5) is 5.82 Å². The molecule has 35 heavy (non-hydrogen) atoms. The van der Waals surface area contributed by atoms with Gasteiger partial charge in [-0.05, 0) is 80.0 Å². The summed E-state index contributed by atoms with van der Waals surface area (Å²) in [4.78, 5) is 57.1. The van der Waals surface area contributed by atoms with Gasteiger partial charge in [-0.1, -0.05) is 12.0 Å². The highest BCUT2D eigenvalue weighted by Crippen LogP contribution is 2.46. The number of pyridine rings is 1. The zero-order valence-electron chi connectivity index (χ0n) is 20.3. The molecule has 4 rings (SSSR count). The summed E-state index contributed by atoms with van der Waals surface area (Å²) in [5, 5.41) is 2.51. The molecular weight excluding hydrogens is 442 g/mol. The number of carbonyl (C=O) groups excluding carboxylic acids is 4. The molecule has 2 aliphatic rings. The highest BCUT2D eigenvalue weighted by Gasteiger charge is 2.48. The van der Waals surface area contributed by atoms with E-state index in [9.17, 15) is 19.2 Å². The van der Waals surface area contributed by atoms with Crippen LogP contribution in [0.5, 0.6) is 0 Å². The Morgan fingerprint density at radius 3 is 2.23 bits per heavy atom. The number of Topliss-reactive ketones (excluding diaryl/α,β-unsaturated/α-hetero) is 2. The smallest absolute Gasteiger partial charge is 0.315 e. The van der Waals surface area contributed by atoms with E-state index in [1.165, 1.54) is 11.1 Å². The van der Waals surface area contributed by atoms with Crippen LogP contribution in [0.3, 0.4) is 0 Å². The maximum absolute atomic E-state index is 13.3. The Balaban J connectivity index is 1.43. The van der Waals surface area contributed by atoms with Gasteiger partial charge in [-0.25, -0.2) is 4.98 Å². The van der Waals surface area contributed by atoms with Gasteiger partial charge in [0, 0.05) is 37.7 Å².